The normalized spacial score (nSPS) is 19.9. The third kappa shape index (κ3) is 1.46. The Morgan fingerprint density at radius 2 is 2.00 bits per heavy atom. The van der Waals surface area contributed by atoms with Gasteiger partial charge in [0.2, 0.25) is 0 Å². The zero-order chi connectivity index (χ0) is 11.0. The van der Waals surface area contributed by atoms with E-state index in [1.165, 1.54) is 10.8 Å². The molecule has 0 amide bonds. The Balaban J connectivity index is 2.28. The standard InChI is InChI=1S/C14H15NO/c15-13-6-3-9-16-14-11-5-2-1-4-10(11)7-8-12(13)14/h1-2,4-5,7-8,13H,3,6,9,15H2. The zero-order valence-electron chi connectivity index (χ0n) is 9.15. The summed E-state index contributed by atoms with van der Waals surface area (Å²) in [6, 6.07) is 12.6. The Morgan fingerprint density at radius 3 is 2.94 bits per heavy atom. The molecular formula is C14H15NO. The van der Waals surface area contributed by atoms with Crippen LogP contribution >= 0.6 is 0 Å². The first-order valence-electron chi connectivity index (χ1n) is 5.76. The Kier molecular flexibility index (Phi) is 2.29. The lowest BCUT2D eigenvalue weighted by Crippen LogP contribution is -2.08. The van der Waals surface area contributed by atoms with Gasteiger partial charge < -0.3 is 10.5 Å². The first-order valence-corrected chi connectivity index (χ1v) is 5.76. The number of hydrogen-bond donors (Lipinski definition) is 1. The summed E-state index contributed by atoms with van der Waals surface area (Å²) in [7, 11) is 0. The van der Waals surface area contributed by atoms with Crippen molar-refractivity contribution in [1.82, 2.24) is 0 Å². The second-order valence-electron chi connectivity index (χ2n) is 4.30. The maximum Gasteiger partial charge on any atom is 0.131 e. The van der Waals surface area contributed by atoms with Crippen LogP contribution in [0.15, 0.2) is 36.4 Å². The van der Waals surface area contributed by atoms with Crippen LogP contribution in [0.1, 0.15) is 24.4 Å². The van der Waals surface area contributed by atoms with E-state index in [9.17, 15) is 0 Å². The van der Waals surface area contributed by atoms with Gasteiger partial charge in [0.05, 0.1) is 6.61 Å². The molecule has 2 nitrogen and oxygen atoms in total. The van der Waals surface area contributed by atoms with Crippen molar-refractivity contribution in [2.45, 2.75) is 18.9 Å². The van der Waals surface area contributed by atoms with Crippen molar-refractivity contribution in [2.75, 3.05) is 6.61 Å². The lowest BCUT2D eigenvalue weighted by molar-refractivity contribution is 0.319. The molecule has 1 unspecified atom stereocenters. The Morgan fingerprint density at radius 1 is 1.12 bits per heavy atom. The van der Waals surface area contributed by atoms with Gasteiger partial charge in [-0.15, -0.1) is 0 Å². The third-order valence-corrected chi connectivity index (χ3v) is 3.22. The lowest BCUT2D eigenvalue weighted by Gasteiger charge is -2.14. The zero-order valence-corrected chi connectivity index (χ0v) is 9.15. The SMILES string of the molecule is NC1CCCOc2c1ccc1ccccc21. The van der Waals surface area contributed by atoms with E-state index in [4.69, 9.17) is 10.5 Å². The molecule has 2 heteroatoms. The highest BCUT2D eigenvalue weighted by Crippen LogP contribution is 2.36. The van der Waals surface area contributed by atoms with Crippen molar-refractivity contribution < 1.29 is 4.74 Å². The first-order chi connectivity index (χ1) is 7.86. The highest BCUT2D eigenvalue weighted by Gasteiger charge is 2.18. The predicted octanol–water partition coefficient (Wildman–Crippen LogP) is 3.01. The summed E-state index contributed by atoms with van der Waals surface area (Å²) < 4.78 is 5.85. The summed E-state index contributed by atoms with van der Waals surface area (Å²) in [5, 5.41) is 2.40. The minimum atomic E-state index is 0.113. The Bertz CT molecular complexity index is 521. The van der Waals surface area contributed by atoms with Gasteiger partial charge in [-0.2, -0.15) is 0 Å². The molecule has 1 aliphatic rings. The van der Waals surface area contributed by atoms with Crippen LogP contribution in [0.2, 0.25) is 0 Å². The molecule has 2 N–H and O–H groups in total. The topological polar surface area (TPSA) is 35.2 Å². The van der Waals surface area contributed by atoms with E-state index in [1.54, 1.807) is 0 Å². The van der Waals surface area contributed by atoms with E-state index in [0.717, 1.165) is 30.8 Å². The smallest absolute Gasteiger partial charge is 0.131 e. The molecule has 2 aromatic carbocycles. The quantitative estimate of drug-likeness (QED) is 0.730. The first kappa shape index (κ1) is 9.67. The molecule has 1 aliphatic heterocycles. The molecule has 0 aromatic heterocycles. The van der Waals surface area contributed by atoms with E-state index in [0.29, 0.717) is 0 Å². The van der Waals surface area contributed by atoms with E-state index >= 15 is 0 Å². The monoisotopic (exact) mass is 213 g/mol. The molecule has 1 heterocycles. The average Bonchev–Trinajstić information content (AvgIpc) is 2.52. The van der Waals surface area contributed by atoms with Crippen LogP contribution in [0.3, 0.4) is 0 Å². The van der Waals surface area contributed by atoms with Gasteiger partial charge in [0.15, 0.2) is 0 Å². The maximum absolute atomic E-state index is 6.16. The number of ether oxygens (including phenoxy) is 1. The van der Waals surface area contributed by atoms with Gasteiger partial charge in [0.1, 0.15) is 5.75 Å². The number of nitrogens with two attached hydrogens (primary N) is 1. The average molecular weight is 213 g/mol. The summed E-state index contributed by atoms with van der Waals surface area (Å²) in [6.45, 7) is 0.773. The number of hydrogen-bond acceptors (Lipinski definition) is 2. The van der Waals surface area contributed by atoms with Crippen molar-refractivity contribution in [2.24, 2.45) is 5.73 Å². The summed E-state index contributed by atoms with van der Waals surface area (Å²) in [5.41, 5.74) is 7.31. The van der Waals surface area contributed by atoms with E-state index < -0.39 is 0 Å². The fourth-order valence-electron chi connectivity index (χ4n) is 2.35. The molecular weight excluding hydrogens is 198 g/mol. The second kappa shape index (κ2) is 3.80. The van der Waals surface area contributed by atoms with Crippen LogP contribution in [-0.2, 0) is 0 Å². The fraction of sp³-hybridized carbons (Fsp3) is 0.286. The van der Waals surface area contributed by atoms with Crippen LogP contribution in [0, 0.1) is 0 Å². The highest BCUT2D eigenvalue weighted by molar-refractivity contribution is 5.89. The lowest BCUT2D eigenvalue weighted by atomic mass is 9.99. The minimum Gasteiger partial charge on any atom is -0.493 e. The van der Waals surface area contributed by atoms with Gasteiger partial charge in [0, 0.05) is 17.0 Å². The van der Waals surface area contributed by atoms with Crippen LogP contribution in [0.5, 0.6) is 5.75 Å². The fourth-order valence-corrected chi connectivity index (χ4v) is 2.35. The molecule has 16 heavy (non-hydrogen) atoms. The van der Waals surface area contributed by atoms with Crippen molar-refractivity contribution in [3.8, 4) is 5.75 Å². The molecule has 0 bridgehead atoms. The van der Waals surface area contributed by atoms with Crippen molar-refractivity contribution >= 4 is 10.8 Å². The van der Waals surface area contributed by atoms with Gasteiger partial charge in [-0.3, -0.25) is 0 Å². The van der Waals surface area contributed by atoms with Crippen LogP contribution < -0.4 is 10.5 Å². The third-order valence-electron chi connectivity index (χ3n) is 3.22. The van der Waals surface area contributed by atoms with Crippen molar-refractivity contribution in [3.63, 3.8) is 0 Å². The molecule has 0 fully saturated rings. The molecule has 82 valence electrons. The Labute approximate surface area is 95.0 Å². The van der Waals surface area contributed by atoms with Gasteiger partial charge >= 0.3 is 0 Å². The number of rotatable bonds is 0. The Hall–Kier alpha value is -1.54. The molecule has 0 radical (unpaired) electrons. The molecule has 3 rings (SSSR count). The molecule has 1 atom stereocenters. The number of benzene rings is 2. The second-order valence-corrected chi connectivity index (χ2v) is 4.30. The van der Waals surface area contributed by atoms with E-state index in [2.05, 4.69) is 24.3 Å². The van der Waals surface area contributed by atoms with E-state index in [1.807, 2.05) is 12.1 Å². The van der Waals surface area contributed by atoms with Crippen LogP contribution in [-0.4, -0.2) is 6.61 Å². The highest BCUT2D eigenvalue weighted by atomic mass is 16.5. The summed E-state index contributed by atoms with van der Waals surface area (Å²) >= 11 is 0. The van der Waals surface area contributed by atoms with Crippen LogP contribution in [0.25, 0.3) is 10.8 Å². The van der Waals surface area contributed by atoms with Crippen LogP contribution in [0.4, 0.5) is 0 Å². The van der Waals surface area contributed by atoms with Gasteiger partial charge in [-0.05, 0) is 18.2 Å². The van der Waals surface area contributed by atoms with Crippen molar-refractivity contribution in [1.29, 1.82) is 0 Å². The number of fused-ring (bicyclic) bond motifs is 3. The molecule has 0 saturated heterocycles. The molecule has 0 spiro atoms. The van der Waals surface area contributed by atoms with Gasteiger partial charge in [-0.25, -0.2) is 0 Å². The van der Waals surface area contributed by atoms with Crippen molar-refractivity contribution in [3.05, 3.63) is 42.0 Å². The van der Waals surface area contributed by atoms with Gasteiger partial charge in [0.25, 0.3) is 0 Å². The summed E-state index contributed by atoms with van der Waals surface area (Å²) in [6.07, 6.45) is 2.04. The van der Waals surface area contributed by atoms with E-state index in [-0.39, 0.29) is 6.04 Å². The largest absolute Gasteiger partial charge is 0.493 e. The summed E-state index contributed by atoms with van der Waals surface area (Å²) in [5.74, 6) is 0.989. The molecule has 0 saturated carbocycles. The minimum absolute atomic E-state index is 0.113. The molecule has 0 aliphatic carbocycles. The summed E-state index contributed by atoms with van der Waals surface area (Å²) in [4.78, 5) is 0. The predicted molar refractivity (Wildman–Crippen MR) is 65.6 cm³/mol. The maximum atomic E-state index is 6.16. The van der Waals surface area contributed by atoms with Gasteiger partial charge in [-0.1, -0.05) is 36.4 Å². The molecule has 2 aromatic rings.